The molecule has 3 N–H and O–H groups in total. The van der Waals surface area contributed by atoms with Crippen LogP contribution in [0.25, 0.3) is 0 Å². The van der Waals surface area contributed by atoms with Gasteiger partial charge in [-0.25, -0.2) is 4.79 Å². The number of halogens is 3. The van der Waals surface area contributed by atoms with Gasteiger partial charge in [-0.3, -0.25) is 9.59 Å². The number of urea groups is 1. The molecular weight excluding hydrogens is 403 g/mol. The molecule has 1 atom stereocenters. The van der Waals surface area contributed by atoms with Crippen LogP contribution in [0.4, 0.5) is 23.7 Å². The molecule has 0 saturated carbocycles. The lowest BCUT2D eigenvalue weighted by molar-refractivity contribution is -0.154. The average molecular weight is 431 g/mol. The van der Waals surface area contributed by atoms with E-state index in [1.165, 1.54) is 6.92 Å². The fourth-order valence-corrected chi connectivity index (χ4v) is 2.62. The molecule has 0 radical (unpaired) electrons. The van der Waals surface area contributed by atoms with Gasteiger partial charge >= 0.3 is 18.2 Å². The third-order valence-corrected chi connectivity index (χ3v) is 3.91. The van der Waals surface area contributed by atoms with E-state index in [1.807, 2.05) is 13.8 Å². The van der Waals surface area contributed by atoms with Crippen LogP contribution in [0.1, 0.15) is 46.6 Å². The zero-order valence-corrected chi connectivity index (χ0v) is 17.6. The maximum Gasteiger partial charge on any atom is 0.416 e. The minimum atomic E-state index is -4.47. The molecule has 0 aromatic heterocycles. The quantitative estimate of drug-likeness (QED) is 0.547. The molecule has 1 unspecified atom stereocenters. The van der Waals surface area contributed by atoms with Gasteiger partial charge in [-0.05, 0) is 50.5 Å². The van der Waals surface area contributed by atoms with Gasteiger partial charge in [0.2, 0.25) is 5.91 Å². The van der Waals surface area contributed by atoms with Gasteiger partial charge in [-0.1, -0.05) is 13.8 Å². The Kier molecular flexibility index (Phi) is 8.68. The molecule has 0 aliphatic heterocycles. The van der Waals surface area contributed by atoms with Crippen LogP contribution in [0, 0.1) is 5.92 Å². The topological polar surface area (TPSA) is 96.5 Å². The zero-order chi connectivity index (χ0) is 23.1. The number of nitrogens with one attached hydrogen (secondary N) is 3. The summed E-state index contributed by atoms with van der Waals surface area (Å²) in [6, 6.07) is 2.35. The fraction of sp³-hybridized carbons (Fsp3) is 0.550. The lowest BCUT2D eigenvalue weighted by Gasteiger charge is -2.27. The van der Waals surface area contributed by atoms with Crippen molar-refractivity contribution in [3.05, 3.63) is 29.8 Å². The molecular formula is C20H28F3N3O4. The van der Waals surface area contributed by atoms with Crippen LogP contribution in [0.5, 0.6) is 0 Å². The van der Waals surface area contributed by atoms with E-state index in [0.717, 1.165) is 24.3 Å². The molecule has 0 aliphatic carbocycles. The Morgan fingerprint density at radius 1 is 1.07 bits per heavy atom. The first-order valence-corrected chi connectivity index (χ1v) is 9.41. The highest BCUT2D eigenvalue weighted by Crippen LogP contribution is 2.29. The predicted molar refractivity (Wildman–Crippen MR) is 106 cm³/mol. The summed E-state index contributed by atoms with van der Waals surface area (Å²) in [6.45, 7) is 8.32. The molecule has 0 saturated heterocycles. The standard InChI is InChI=1S/C20H28F3N3O4/c1-12(2)10-16(17(28)24-11-19(4,5)30-13(3)27)26-18(29)25-15-8-6-14(7-9-15)20(21,22)23/h6-9,12,16H,10-11H2,1-5H3,(H,24,28)(H2,25,26,29). The molecule has 168 valence electrons. The predicted octanol–water partition coefficient (Wildman–Crippen LogP) is 3.70. The van der Waals surface area contributed by atoms with Crippen molar-refractivity contribution in [2.24, 2.45) is 5.92 Å². The molecule has 0 bridgehead atoms. The van der Waals surface area contributed by atoms with Crippen LogP contribution in [-0.4, -0.2) is 36.1 Å². The lowest BCUT2D eigenvalue weighted by Crippen LogP contribution is -2.51. The van der Waals surface area contributed by atoms with Gasteiger partial charge in [-0.15, -0.1) is 0 Å². The average Bonchev–Trinajstić information content (AvgIpc) is 2.57. The molecule has 3 amide bonds. The van der Waals surface area contributed by atoms with E-state index in [1.54, 1.807) is 13.8 Å². The van der Waals surface area contributed by atoms with Gasteiger partial charge in [0.05, 0.1) is 12.1 Å². The van der Waals surface area contributed by atoms with Crippen LogP contribution in [0.15, 0.2) is 24.3 Å². The number of carbonyl (C=O) groups is 3. The monoisotopic (exact) mass is 431 g/mol. The Hall–Kier alpha value is -2.78. The van der Waals surface area contributed by atoms with E-state index in [9.17, 15) is 27.6 Å². The second-order valence-electron chi connectivity index (χ2n) is 7.93. The molecule has 30 heavy (non-hydrogen) atoms. The maximum absolute atomic E-state index is 12.6. The van der Waals surface area contributed by atoms with Crippen molar-refractivity contribution in [2.45, 2.75) is 58.9 Å². The number of alkyl halides is 3. The second-order valence-corrected chi connectivity index (χ2v) is 7.93. The van der Waals surface area contributed by atoms with Crippen molar-refractivity contribution in [1.82, 2.24) is 10.6 Å². The minimum absolute atomic E-state index is 0.0439. The number of ether oxygens (including phenoxy) is 1. The highest BCUT2D eigenvalue weighted by atomic mass is 19.4. The Morgan fingerprint density at radius 3 is 2.10 bits per heavy atom. The van der Waals surface area contributed by atoms with E-state index in [-0.39, 0.29) is 18.2 Å². The highest BCUT2D eigenvalue weighted by Gasteiger charge is 2.30. The summed E-state index contributed by atoms with van der Waals surface area (Å²) in [5.74, 6) is -0.873. The van der Waals surface area contributed by atoms with Crippen molar-refractivity contribution < 1.29 is 32.3 Å². The van der Waals surface area contributed by atoms with E-state index < -0.39 is 41.3 Å². The smallest absolute Gasteiger partial charge is 0.416 e. The Labute approximate surface area is 173 Å². The third kappa shape index (κ3) is 9.15. The van der Waals surface area contributed by atoms with Gasteiger partial charge < -0.3 is 20.7 Å². The van der Waals surface area contributed by atoms with Crippen LogP contribution < -0.4 is 16.0 Å². The van der Waals surface area contributed by atoms with Crippen LogP contribution in [0.2, 0.25) is 0 Å². The normalized spacial score (nSPS) is 12.8. The summed E-state index contributed by atoms with van der Waals surface area (Å²) in [4.78, 5) is 35.9. The van der Waals surface area contributed by atoms with E-state index in [4.69, 9.17) is 4.74 Å². The van der Waals surface area contributed by atoms with Crippen LogP contribution in [-0.2, 0) is 20.5 Å². The largest absolute Gasteiger partial charge is 0.458 e. The number of benzene rings is 1. The Bertz CT molecular complexity index is 747. The molecule has 10 heteroatoms. The molecule has 7 nitrogen and oxygen atoms in total. The first-order chi connectivity index (χ1) is 13.7. The molecule has 1 rings (SSSR count). The number of esters is 1. The molecule has 0 spiro atoms. The van der Waals surface area contributed by atoms with Gasteiger partial charge in [-0.2, -0.15) is 13.2 Å². The number of hydrogen-bond acceptors (Lipinski definition) is 4. The van der Waals surface area contributed by atoms with Crippen molar-refractivity contribution >= 4 is 23.6 Å². The van der Waals surface area contributed by atoms with E-state index in [0.29, 0.717) is 6.42 Å². The number of amides is 3. The van der Waals surface area contributed by atoms with Gasteiger partial charge in [0, 0.05) is 12.6 Å². The van der Waals surface area contributed by atoms with E-state index in [2.05, 4.69) is 16.0 Å². The van der Waals surface area contributed by atoms with Gasteiger partial charge in [0.15, 0.2) is 0 Å². The number of carbonyl (C=O) groups excluding carboxylic acids is 3. The molecule has 1 aromatic rings. The zero-order valence-electron chi connectivity index (χ0n) is 17.6. The lowest BCUT2D eigenvalue weighted by atomic mass is 10.0. The van der Waals surface area contributed by atoms with Gasteiger partial charge in [0.1, 0.15) is 11.6 Å². The molecule has 0 aliphatic rings. The number of rotatable bonds is 8. The van der Waals surface area contributed by atoms with E-state index >= 15 is 0 Å². The van der Waals surface area contributed by atoms with Crippen molar-refractivity contribution in [3.63, 3.8) is 0 Å². The Balaban J connectivity index is 2.73. The third-order valence-electron chi connectivity index (χ3n) is 3.91. The molecule has 0 heterocycles. The van der Waals surface area contributed by atoms with Crippen molar-refractivity contribution in [1.29, 1.82) is 0 Å². The van der Waals surface area contributed by atoms with Crippen molar-refractivity contribution in [2.75, 3.05) is 11.9 Å². The Morgan fingerprint density at radius 2 is 1.63 bits per heavy atom. The highest BCUT2D eigenvalue weighted by molar-refractivity contribution is 5.93. The van der Waals surface area contributed by atoms with Crippen LogP contribution >= 0.6 is 0 Å². The second kappa shape index (κ2) is 10.3. The summed E-state index contributed by atoms with van der Waals surface area (Å²) in [6.07, 6.45) is -4.14. The van der Waals surface area contributed by atoms with Crippen molar-refractivity contribution in [3.8, 4) is 0 Å². The summed E-state index contributed by atoms with van der Waals surface area (Å²) in [5.41, 5.74) is -1.60. The maximum atomic E-state index is 12.6. The number of anilines is 1. The summed E-state index contributed by atoms with van der Waals surface area (Å²) in [7, 11) is 0. The summed E-state index contributed by atoms with van der Waals surface area (Å²) >= 11 is 0. The minimum Gasteiger partial charge on any atom is -0.458 e. The SMILES string of the molecule is CC(=O)OC(C)(C)CNC(=O)C(CC(C)C)NC(=O)Nc1ccc(C(F)(F)F)cc1. The summed E-state index contributed by atoms with van der Waals surface area (Å²) < 4.78 is 43.0. The number of hydrogen-bond donors (Lipinski definition) is 3. The van der Waals surface area contributed by atoms with Crippen LogP contribution in [0.3, 0.4) is 0 Å². The molecule has 1 aromatic carbocycles. The molecule has 0 fully saturated rings. The first kappa shape index (κ1) is 25.3. The summed E-state index contributed by atoms with van der Waals surface area (Å²) in [5, 5.41) is 7.58. The first-order valence-electron chi connectivity index (χ1n) is 9.41. The van der Waals surface area contributed by atoms with Gasteiger partial charge in [0.25, 0.3) is 0 Å². The fourth-order valence-electron chi connectivity index (χ4n) is 2.62.